The van der Waals surface area contributed by atoms with E-state index in [1.54, 1.807) is 0 Å². The monoisotopic (exact) mass is 261 g/mol. The van der Waals surface area contributed by atoms with Crippen LogP contribution >= 0.6 is 0 Å². The van der Waals surface area contributed by atoms with E-state index in [9.17, 15) is 4.79 Å². The summed E-state index contributed by atoms with van der Waals surface area (Å²) in [5.74, 6) is -0.156. The molecule has 0 unspecified atom stereocenters. The van der Waals surface area contributed by atoms with Crippen LogP contribution in [0.15, 0.2) is 18.2 Å². The van der Waals surface area contributed by atoms with Gasteiger partial charge in [0.25, 0.3) is 0 Å². The number of methoxy groups -OCH3 is 1. The number of carbonyl (C=O) groups excluding carboxylic acids is 1. The molecule has 1 fully saturated rings. The zero-order valence-electron chi connectivity index (χ0n) is 11.4. The van der Waals surface area contributed by atoms with Crippen molar-refractivity contribution in [2.75, 3.05) is 38.8 Å². The Morgan fingerprint density at radius 2 is 2.26 bits per heavy atom. The number of benzene rings is 1. The highest BCUT2D eigenvalue weighted by molar-refractivity contribution is 5.78. The van der Waals surface area contributed by atoms with Gasteiger partial charge < -0.3 is 14.4 Å². The van der Waals surface area contributed by atoms with Gasteiger partial charge >= 0.3 is 5.97 Å². The summed E-state index contributed by atoms with van der Waals surface area (Å²) in [7, 11) is 3.56. The smallest absolute Gasteiger partial charge is 0.316 e. The Kier molecular flexibility index (Phi) is 2.97. The van der Waals surface area contributed by atoms with Crippen molar-refractivity contribution < 1.29 is 14.3 Å². The molecule has 0 spiro atoms. The van der Waals surface area contributed by atoms with Crippen LogP contribution in [-0.4, -0.2) is 39.9 Å². The van der Waals surface area contributed by atoms with Crippen molar-refractivity contribution in [2.24, 2.45) is 5.41 Å². The molecule has 4 nitrogen and oxygen atoms in total. The van der Waals surface area contributed by atoms with Crippen LogP contribution in [0.2, 0.25) is 0 Å². The molecule has 0 amide bonds. The van der Waals surface area contributed by atoms with Crippen molar-refractivity contribution in [3.8, 4) is 0 Å². The van der Waals surface area contributed by atoms with Crippen molar-refractivity contribution in [2.45, 2.75) is 12.8 Å². The predicted molar refractivity (Wildman–Crippen MR) is 72.4 cm³/mol. The first kappa shape index (κ1) is 12.5. The van der Waals surface area contributed by atoms with Gasteiger partial charge in [0.05, 0.1) is 20.3 Å². The van der Waals surface area contributed by atoms with Gasteiger partial charge in [0.15, 0.2) is 0 Å². The molecule has 4 heteroatoms. The second-order valence-corrected chi connectivity index (χ2v) is 5.58. The summed E-state index contributed by atoms with van der Waals surface area (Å²) >= 11 is 0. The molecule has 19 heavy (non-hydrogen) atoms. The molecule has 102 valence electrons. The molecule has 0 aromatic heterocycles. The minimum absolute atomic E-state index is 0.156. The second-order valence-electron chi connectivity index (χ2n) is 5.58. The fourth-order valence-corrected chi connectivity index (χ4v) is 2.98. The maximum absolute atomic E-state index is 11.9. The Bertz CT molecular complexity index is 508. The highest BCUT2D eigenvalue weighted by Gasteiger charge is 2.47. The zero-order chi connectivity index (χ0) is 13.5. The van der Waals surface area contributed by atoms with Gasteiger partial charge in [-0.25, -0.2) is 0 Å². The van der Waals surface area contributed by atoms with Crippen molar-refractivity contribution in [3.63, 3.8) is 0 Å². The van der Waals surface area contributed by atoms with Crippen LogP contribution in [0.5, 0.6) is 0 Å². The third-order valence-corrected chi connectivity index (χ3v) is 4.19. The third-order valence-electron chi connectivity index (χ3n) is 4.19. The molecule has 0 atom stereocenters. The summed E-state index contributed by atoms with van der Waals surface area (Å²) < 4.78 is 10.1. The van der Waals surface area contributed by atoms with Crippen molar-refractivity contribution in [1.29, 1.82) is 0 Å². The second kappa shape index (κ2) is 4.53. The summed E-state index contributed by atoms with van der Waals surface area (Å²) in [5.41, 5.74) is 3.41. The van der Waals surface area contributed by atoms with E-state index in [4.69, 9.17) is 9.47 Å². The average molecular weight is 261 g/mol. The molecule has 1 saturated heterocycles. The van der Waals surface area contributed by atoms with E-state index >= 15 is 0 Å². The molecule has 0 aliphatic carbocycles. The van der Waals surface area contributed by atoms with E-state index in [1.165, 1.54) is 23.9 Å². The number of nitrogens with zero attached hydrogens (tertiary/aromatic N) is 1. The average Bonchev–Trinajstić information content (AvgIpc) is 2.74. The fourth-order valence-electron chi connectivity index (χ4n) is 2.98. The van der Waals surface area contributed by atoms with Gasteiger partial charge in [-0.3, -0.25) is 4.79 Å². The first-order valence-electron chi connectivity index (χ1n) is 6.64. The van der Waals surface area contributed by atoms with E-state index in [0.717, 1.165) is 13.0 Å². The summed E-state index contributed by atoms with van der Waals surface area (Å²) in [6.45, 7) is 2.01. The van der Waals surface area contributed by atoms with Gasteiger partial charge in [0, 0.05) is 19.3 Å². The number of rotatable bonds is 3. The van der Waals surface area contributed by atoms with Crippen LogP contribution in [-0.2, 0) is 27.1 Å². The van der Waals surface area contributed by atoms with Gasteiger partial charge in [-0.1, -0.05) is 12.1 Å². The van der Waals surface area contributed by atoms with Crippen molar-refractivity contribution in [3.05, 3.63) is 29.3 Å². The molecule has 0 N–H and O–H groups in total. The number of esters is 1. The molecule has 1 aromatic rings. The van der Waals surface area contributed by atoms with Crippen LogP contribution in [0.4, 0.5) is 5.69 Å². The zero-order valence-corrected chi connectivity index (χ0v) is 11.4. The topological polar surface area (TPSA) is 38.8 Å². The van der Waals surface area contributed by atoms with Crippen LogP contribution in [0, 0.1) is 5.41 Å². The number of carbonyl (C=O) groups is 1. The van der Waals surface area contributed by atoms with E-state index in [-0.39, 0.29) is 5.97 Å². The van der Waals surface area contributed by atoms with Crippen LogP contribution in [0.3, 0.4) is 0 Å². The first-order chi connectivity index (χ1) is 9.14. The first-order valence-corrected chi connectivity index (χ1v) is 6.64. The SMILES string of the molecule is COC(=O)C1(Cc2ccc3c(c2)CCN3C)COC1. The van der Waals surface area contributed by atoms with Gasteiger partial charge in [-0.15, -0.1) is 0 Å². The van der Waals surface area contributed by atoms with Crippen LogP contribution in [0.25, 0.3) is 0 Å². The van der Waals surface area contributed by atoms with Crippen LogP contribution < -0.4 is 4.90 Å². The van der Waals surface area contributed by atoms with Gasteiger partial charge in [0.1, 0.15) is 5.41 Å². The minimum Gasteiger partial charge on any atom is -0.468 e. The Labute approximate surface area is 113 Å². The number of anilines is 1. The Morgan fingerprint density at radius 3 is 2.89 bits per heavy atom. The minimum atomic E-state index is -0.465. The molecule has 0 radical (unpaired) electrons. The quantitative estimate of drug-likeness (QED) is 0.771. The number of hydrogen-bond acceptors (Lipinski definition) is 4. The van der Waals surface area contributed by atoms with Crippen LogP contribution in [0.1, 0.15) is 11.1 Å². The summed E-state index contributed by atoms with van der Waals surface area (Å²) in [4.78, 5) is 14.2. The fraction of sp³-hybridized carbons (Fsp3) is 0.533. The molecule has 2 aliphatic heterocycles. The molecule has 2 heterocycles. The maximum Gasteiger partial charge on any atom is 0.316 e. The lowest BCUT2D eigenvalue weighted by molar-refractivity contribution is -0.182. The normalized spacial score (nSPS) is 19.8. The lowest BCUT2D eigenvalue weighted by atomic mass is 9.79. The number of fused-ring (bicyclic) bond motifs is 1. The van der Waals surface area contributed by atoms with E-state index in [0.29, 0.717) is 19.6 Å². The third kappa shape index (κ3) is 2.00. The lowest BCUT2D eigenvalue weighted by Gasteiger charge is -2.38. The Morgan fingerprint density at radius 1 is 1.47 bits per heavy atom. The summed E-state index contributed by atoms with van der Waals surface area (Å²) in [6, 6.07) is 6.49. The summed E-state index contributed by atoms with van der Waals surface area (Å²) in [6.07, 6.45) is 1.79. The van der Waals surface area contributed by atoms with Gasteiger partial charge in [0.2, 0.25) is 0 Å². The molecular weight excluding hydrogens is 242 g/mol. The van der Waals surface area contributed by atoms with Crippen molar-refractivity contribution in [1.82, 2.24) is 0 Å². The molecule has 2 aliphatic rings. The number of ether oxygens (including phenoxy) is 2. The maximum atomic E-state index is 11.9. The lowest BCUT2D eigenvalue weighted by Crippen LogP contribution is -2.51. The molecule has 1 aromatic carbocycles. The van der Waals surface area contributed by atoms with Gasteiger partial charge in [-0.05, 0) is 30.0 Å². The van der Waals surface area contributed by atoms with E-state index < -0.39 is 5.41 Å². The number of hydrogen-bond donors (Lipinski definition) is 0. The standard InChI is InChI=1S/C15H19NO3/c1-16-6-5-12-7-11(3-4-13(12)16)8-15(9-19-10-15)14(17)18-2/h3-4,7H,5-6,8-10H2,1-2H3. The van der Waals surface area contributed by atoms with E-state index in [2.05, 4.69) is 30.1 Å². The predicted octanol–water partition coefficient (Wildman–Crippen LogP) is 1.41. The van der Waals surface area contributed by atoms with Gasteiger partial charge in [-0.2, -0.15) is 0 Å². The Hall–Kier alpha value is -1.55. The van der Waals surface area contributed by atoms with Crippen molar-refractivity contribution >= 4 is 11.7 Å². The highest BCUT2D eigenvalue weighted by atomic mass is 16.5. The summed E-state index contributed by atoms with van der Waals surface area (Å²) in [5, 5.41) is 0. The largest absolute Gasteiger partial charge is 0.468 e. The Balaban J connectivity index is 1.82. The molecule has 3 rings (SSSR count). The molecule has 0 saturated carbocycles. The molecule has 0 bridgehead atoms. The molecular formula is C15H19NO3. The van der Waals surface area contributed by atoms with E-state index in [1.807, 2.05) is 0 Å². The number of likely N-dealkylation sites (N-methyl/N-ethyl adjacent to an activating group) is 1. The highest BCUT2D eigenvalue weighted by Crippen LogP contribution is 2.35.